The van der Waals surface area contributed by atoms with Gasteiger partial charge in [0.1, 0.15) is 11.5 Å². The van der Waals surface area contributed by atoms with Gasteiger partial charge in [0.2, 0.25) is 5.91 Å². The van der Waals surface area contributed by atoms with E-state index in [1.807, 2.05) is 37.3 Å². The molecule has 0 atom stereocenters. The molecule has 0 radical (unpaired) electrons. The fraction of sp³-hybridized carbons (Fsp3) is 0.167. The summed E-state index contributed by atoms with van der Waals surface area (Å²) in [6.07, 6.45) is 3.19. The maximum atomic E-state index is 12.1. The Morgan fingerprint density at radius 3 is 2.57 bits per heavy atom. The van der Waals surface area contributed by atoms with Gasteiger partial charge in [-0.25, -0.2) is 0 Å². The fourth-order valence-electron chi connectivity index (χ4n) is 2.06. The van der Waals surface area contributed by atoms with Crippen LogP contribution in [0.1, 0.15) is 11.1 Å². The Kier molecular flexibility index (Phi) is 5.82. The van der Waals surface area contributed by atoms with Crippen molar-refractivity contribution in [2.45, 2.75) is 6.92 Å². The van der Waals surface area contributed by atoms with E-state index in [1.54, 1.807) is 26.4 Å². The topological polar surface area (TPSA) is 47.6 Å². The standard InChI is InChI=1S/C18H18BrNO3/c1-12-10-14(19)6-8-16(12)20-18(21)9-5-13-4-7-15(22-2)11-17(13)23-3/h4-11H,1-3H3,(H,20,21)/b9-5+. The lowest BCUT2D eigenvalue weighted by molar-refractivity contribution is -0.111. The maximum Gasteiger partial charge on any atom is 0.248 e. The van der Waals surface area contributed by atoms with Crippen molar-refractivity contribution in [2.75, 3.05) is 19.5 Å². The van der Waals surface area contributed by atoms with Crippen molar-refractivity contribution in [2.24, 2.45) is 0 Å². The lowest BCUT2D eigenvalue weighted by atomic mass is 10.1. The van der Waals surface area contributed by atoms with Crippen molar-refractivity contribution in [1.82, 2.24) is 0 Å². The van der Waals surface area contributed by atoms with Gasteiger partial charge < -0.3 is 14.8 Å². The fourth-order valence-corrected chi connectivity index (χ4v) is 2.54. The summed E-state index contributed by atoms with van der Waals surface area (Å²) in [5, 5.41) is 2.86. The van der Waals surface area contributed by atoms with Crippen LogP contribution in [0.3, 0.4) is 0 Å². The molecule has 1 N–H and O–H groups in total. The molecule has 0 spiro atoms. The number of halogens is 1. The molecule has 0 unspecified atom stereocenters. The van der Waals surface area contributed by atoms with Crippen LogP contribution in [0.5, 0.6) is 11.5 Å². The third-order valence-corrected chi connectivity index (χ3v) is 3.79. The highest BCUT2D eigenvalue weighted by Gasteiger charge is 2.05. The number of amides is 1. The molecular formula is C18H18BrNO3. The Balaban J connectivity index is 2.12. The largest absolute Gasteiger partial charge is 0.497 e. The van der Waals surface area contributed by atoms with Crippen LogP contribution in [-0.4, -0.2) is 20.1 Å². The van der Waals surface area contributed by atoms with E-state index in [0.717, 1.165) is 21.3 Å². The summed E-state index contributed by atoms with van der Waals surface area (Å²) in [5.41, 5.74) is 2.57. The van der Waals surface area contributed by atoms with E-state index in [9.17, 15) is 4.79 Å². The van der Waals surface area contributed by atoms with Crippen molar-refractivity contribution in [1.29, 1.82) is 0 Å². The minimum absolute atomic E-state index is 0.201. The first-order valence-electron chi connectivity index (χ1n) is 7.00. The molecule has 0 saturated heterocycles. The molecule has 0 aliphatic heterocycles. The number of aryl methyl sites for hydroxylation is 1. The maximum absolute atomic E-state index is 12.1. The Morgan fingerprint density at radius 1 is 1.13 bits per heavy atom. The summed E-state index contributed by atoms with van der Waals surface area (Å²) >= 11 is 3.40. The monoisotopic (exact) mass is 375 g/mol. The number of hydrogen-bond acceptors (Lipinski definition) is 3. The van der Waals surface area contributed by atoms with Gasteiger partial charge in [-0.05, 0) is 48.9 Å². The lowest BCUT2D eigenvalue weighted by Gasteiger charge is -2.08. The van der Waals surface area contributed by atoms with Crippen molar-refractivity contribution in [3.8, 4) is 11.5 Å². The molecule has 5 heteroatoms. The van der Waals surface area contributed by atoms with E-state index in [0.29, 0.717) is 11.5 Å². The molecule has 4 nitrogen and oxygen atoms in total. The molecule has 0 aliphatic carbocycles. The highest BCUT2D eigenvalue weighted by molar-refractivity contribution is 9.10. The molecule has 2 aromatic rings. The van der Waals surface area contributed by atoms with Gasteiger partial charge in [0.25, 0.3) is 0 Å². The van der Waals surface area contributed by atoms with Crippen LogP contribution >= 0.6 is 15.9 Å². The Labute approximate surface area is 144 Å². The van der Waals surface area contributed by atoms with Crippen LogP contribution in [0, 0.1) is 6.92 Å². The predicted octanol–water partition coefficient (Wildman–Crippen LogP) is 4.43. The second kappa shape index (κ2) is 7.83. The highest BCUT2D eigenvalue weighted by Crippen LogP contribution is 2.25. The first-order chi connectivity index (χ1) is 11.0. The van der Waals surface area contributed by atoms with E-state index < -0.39 is 0 Å². The molecule has 120 valence electrons. The number of nitrogens with one attached hydrogen (secondary N) is 1. The average Bonchev–Trinajstić information content (AvgIpc) is 2.55. The summed E-state index contributed by atoms with van der Waals surface area (Å²) in [6, 6.07) is 11.1. The predicted molar refractivity (Wildman–Crippen MR) is 96.1 cm³/mol. The Morgan fingerprint density at radius 2 is 1.91 bits per heavy atom. The van der Waals surface area contributed by atoms with Gasteiger partial charge in [-0.1, -0.05) is 15.9 Å². The third-order valence-electron chi connectivity index (χ3n) is 3.30. The SMILES string of the molecule is COc1ccc(/C=C/C(=O)Nc2ccc(Br)cc2C)c(OC)c1. The van der Waals surface area contributed by atoms with Crippen molar-refractivity contribution >= 4 is 33.6 Å². The Hall–Kier alpha value is -2.27. The summed E-state index contributed by atoms with van der Waals surface area (Å²) < 4.78 is 11.4. The third kappa shape index (κ3) is 4.60. The number of carbonyl (C=O) groups is 1. The zero-order valence-electron chi connectivity index (χ0n) is 13.2. The van der Waals surface area contributed by atoms with E-state index >= 15 is 0 Å². The molecule has 2 rings (SSSR count). The van der Waals surface area contributed by atoms with Crippen LogP contribution in [0.2, 0.25) is 0 Å². The first-order valence-corrected chi connectivity index (χ1v) is 7.80. The number of hydrogen-bond donors (Lipinski definition) is 1. The molecule has 0 heterocycles. The van der Waals surface area contributed by atoms with Gasteiger partial charge >= 0.3 is 0 Å². The first kappa shape index (κ1) is 17.1. The van der Waals surface area contributed by atoms with Crippen LogP contribution in [-0.2, 0) is 4.79 Å². The van der Waals surface area contributed by atoms with Gasteiger partial charge in [-0.3, -0.25) is 4.79 Å². The van der Waals surface area contributed by atoms with E-state index in [2.05, 4.69) is 21.2 Å². The van der Waals surface area contributed by atoms with Gasteiger partial charge in [-0.2, -0.15) is 0 Å². The minimum atomic E-state index is -0.201. The summed E-state index contributed by atoms with van der Waals surface area (Å²) in [5.74, 6) is 1.15. The molecule has 0 aliphatic rings. The number of carbonyl (C=O) groups excluding carboxylic acids is 1. The molecule has 0 bridgehead atoms. The Bertz CT molecular complexity index is 741. The molecule has 2 aromatic carbocycles. The molecule has 0 aromatic heterocycles. The van der Waals surface area contributed by atoms with Crippen LogP contribution in [0.15, 0.2) is 46.9 Å². The van der Waals surface area contributed by atoms with Crippen LogP contribution in [0.4, 0.5) is 5.69 Å². The smallest absolute Gasteiger partial charge is 0.248 e. The zero-order chi connectivity index (χ0) is 16.8. The second-order valence-electron chi connectivity index (χ2n) is 4.89. The highest BCUT2D eigenvalue weighted by atomic mass is 79.9. The summed E-state index contributed by atoms with van der Waals surface area (Å²) in [6.45, 7) is 1.94. The lowest BCUT2D eigenvalue weighted by Crippen LogP contribution is -2.08. The van der Waals surface area contributed by atoms with Gasteiger partial charge in [0.05, 0.1) is 14.2 Å². The summed E-state index contributed by atoms with van der Waals surface area (Å²) in [4.78, 5) is 12.1. The normalized spacial score (nSPS) is 10.6. The van der Waals surface area contributed by atoms with Crippen molar-refractivity contribution < 1.29 is 14.3 Å². The van der Waals surface area contributed by atoms with Gasteiger partial charge in [0, 0.05) is 27.9 Å². The number of methoxy groups -OCH3 is 2. The van der Waals surface area contributed by atoms with E-state index in [4.69, 9.17) is 9.47 Å². The number of benzene rings is 2. The molecule has 23 heavy (non-hydrogen) atoms. The van der Waals surface area contributed by atoms with Crippen LogP contribution < -0.4 is 14.8 Å². The van der Waals surface area contributed by atoms with Gasteiger partial charge in [0.15, 0.2) is 0 Å². The summed E-state index contributed by atoms with van der Waals surface area (Å²) in [7, 11) is 3.18. The van der Waals surface area contributed by atoms with Gasteiger partial charge in [-0.15, -0.1) is 0 Å². The minimum Gasteiger partial charge on any atom is -0.497 e. The average molecular weight is 376 g/mol. The molecular weight excluding hydrogens is 358 g/mol. The van der Waals surface area contributed by atoms with E-state index in [-0.39, 0.29) is 5.91 Å². The second-order valence-corrected chi connectivity index (χ2v) is 5.81. The van der Waals surface area contributed by atoms with Crippen molar-refractivity contribution in [3.63, 3.8) is 0 Å². The zero-order valence-corrected chi connectivity index (χ0v) is 14.8. The number of ether oxygens (including phenoxy) is 2. The molecule has 0 saturated carbocycles. The molecule has 0 fully saturated rings. The quantitative estimate of drug-likeness (QED) is 0.786. The number of anilines is 1. The molecule has 1 amide bonds. The van der Waals surface area contributed by atoms with Crippen molar-refractivity contribution in [3.05, 3.63) is 58.1 Å². The number of rotatable bonds is 5. The van der Waals surface area contributed by atoms with E-state index in [1.165, 1.54) is 6.08 Å². The van der Waals surface area contributed by atoms with Crippen LogP contribution in [0.25, 0.3) is 6.08 Å².